The van der Waals surface area contributed by atoms with Gasteiger partial charge in [-0.25, -0.2) is 4.79 Å². The Labute approximate surface area is 157 Å². The second kappa shape index (κ2) is 8.66. The largest absolute Gasteiger partial charge is 0.480 e. The Morgan fingerprint density at radius 2 is 1.67 bits per heavy atom. The lowest BCUT2D eigenvalue weighted by atomic mass is 9.98. The average Bonchev–Trinajstić information content (AvgIpc) is 3.00. The van der Waals surface area contributed by atoms with Gasteiger partial charge >= 0.3 is 12.1 Å². The monoisotopic (exact) mass is 370 g/mol. The molecule has 1 amide bonds. The highest BCUT2D eigenvalue weighted by Gasteiger charge is 2.28. The zero-order valence-corrected chi connectivity index (χ0v) is 14.8. The second-order valence-electron chi connectivity index (χ2n) is 6.36. The van der Waals surface area contributed by atoms with Crippen LogP contribution in [0.5, 0.6) is 0 Å². The normalized spacial score (nSPS) is 13.5. The number of rotatable bonds is 8. The number of ether oxygens (including phenoxy) is 1. The smallest absolute Gasteiger partial charge is 0.431 e. The molecule has 3 rings (SSSR count). The quantitative estimate of drug-likeness (QED) is 0.487. The SMILES string of the molecule is N[C@@H](CCCONC(=O)OCC1c2ccccc2-c2ccccc21)C(=O)O. The van der Waals surface area contributed by atoms with Gasteiger partial charge in [0.2, 0.25) is 0 Å². The number of amides is 1. The number of carbonyl (C=O) groups is 2. The van der Waals surface area contributed by atoms with Gasteiger partial charge in [0.15, 0.2) is 0 Å². The molecule has 0 bridgehead atoms. The van der Waals surface area contributed by atoms with Crippen LogP contribution >= 0.6 is 0 Å². The molecule has 0 saturated carbocycles. The molecule has 27 heavy (non-hydrogen) atoms. The molecule has 7 nitrogen and oxygen atoms in total. The van der Waals surface area contributed by atoms with Crippen LogP contribution in [0.25, 0.3) is 11.1 Å². The van der Waals surface area contributed by atoms with Crippen molar-refractivity contribution >= 4 is 12.1 Å². The first-order chi connectivity index (χ1) is 13.1. The molecule has 0 unspecified atom stereocenters. The lowest BCUT2D eigenvalue weighted by Gasteiger charge is -2.14. The molecule has 0 fully saturated rings. The maximum Gasteiger partial charge on any atom is 0.431 e. The lowest BCUT2D eigenvalue weighted by Crippen LogP contribution is -2.31. The standard InChI is InChI=1S/C20H22N2O5/c21-18(19(23)24)10-5-11-27-22-20(25)26-12-17-15-8-3-1-6-13(15)14-7-2-4-9-16(14)17/h1-4,6-9,17-18H,5,10-12,21H2,(H,22,25)(H,23,24)/t18-/m0/s1. The molecule has 2 aromatic carbocycles. The van der Waals surface area contributed by atoms with Crippen molar-refractivity contribution in [2.24, 2.45) is 5.73 Å². The summed E-state index contributed by atoms with van der Waals surface area (Å²) in [6.45, 7) is 0.359. The van der Waals surface area contributed by atoms with Gasteiger partial charge in [0, 0.05) is 5.92 Å². The zero-order chi connectivity index (χ0) is 19.2. The predicted molar refractivity (Wildman–Crippen MR) is 99.0 cm³/mol. The van der Waals surface area contributed by atoms with E-state index < -0.39 is 18.1 Å². The zero-order valence-electron chi connectivity index (χ0n) is 14.8. The molecule has 0 saturated heterocycles. The first kappa shape index (κ1) is 18.9. The van der Waals surface area contributed by atoms with Crippen molar-refractivity contribution < 1.29 is 24.3 Å². The third-order valence-electron chi connectivity index (χ3n) is 4.58. The fourth-order valence-corrected chi connectivity index (χ4v) is 3.24. The van der Waals surface area contributed by atoms with Crippen LogP contribution in [-0.2, 0) is 14.4 Å². The third-order valence-corrected chi connectivity index (χ3v) is 4.58. The van der Waals surface area contributed by atoms with Crippen LogP contribution in [0, 0.1) is 0 Å². The van der Waals surface area contributed by atoms with Crippen molar-refractivity contribution in [1.29, 1.82) is 0 Å². The number of hydrogen-bond acceptors (Lipinski definition) is 5. The molecule has 7 heteroatoms. The van der Waals surface area contributed by atoms with Crippen LogP contribution in [0.3, 0.4) is 0 Å². The van der Waals surface area contributed by atoms with Gasteiger partial charge in [-0.1, -0.05) is 48.5 Å². The molecule has 1 atom stereocenters. The molecular formula is C20H22N2O5. The minimum atomic E-state index is -1.06. The van der Waals surface area contributed by atoms with Crippen LogP contribution < -0.4 is 11.2 Å². The van der Waals surface area contributed by atoms with Crippen molar-refractivity contribution in [2.45, 2.75) is 24.8 Å². The third kappa shape index (κ3) is 4.45. The fraction of sp³-hybridized carbons (Fsp3) is 0.300. The maximum atomic E-state index is 11.9. The Bertz CT molecular complexity index is 778. The van der Waals surface area contributed by atoms with Crippen LogP contribution in [0.15, 0.2) is 48.5 Å². The van der Waals surface area contributed by atoms with Gasteiger partial charge in [-0.3, -0.25) is 9.63 Å². The topological polar surface area (TPSA) is 111 Å². The number of benzene rings is 2. The highest BCUT2D eigenvalue weighted by molar-refractivity contribution is 5.79. The molecule has 0 spiro atoms. The molecule has 0 radical (unpaired) electrons. The summed E-state index contributed by atoms with van der Waals surface area (Å²) in [5, 5.41) is 8.68. The van der Waals surface area contributed by atoms with E-state index in [-0.39, 0.29) is 25.6 Å². The van der Waals surface area contributed by atoms with Gasteiger partial charge < -0.3 is 15.6 Å². The summed E-state index contributed by atoms with van der Waals surface area (Å²) < 4.78 is 5.31. The van der Waals surface area contributed by atoms with Gasteiger partial charge in [-0.05, 0) is 35.1 Å². The van der Waals surface area contributed by atoms with Crippen molar-refractivity contribution in [3.8, 4) is 11.1 Å². The number of nitrogens with two attached hydrogens (primary N) is 1. The van der Waals surface area contributed by atoms with E-state index in [2.05, 4.69) is 17.6 Å². The van der Waals surface area contributed by atoms with Gasteiger partial charge in [0.05, 0.1) is 6.61 Å². The number of carboxylic acids is 1. The van der Waals surface area contributed by atoms with Gasteiger partial charge in [-0.15, -0.1) is 0 Å². The summed E-state index contributed by atoms with van der Waals surface area (Å²) in [4.78, 5) is 27.5. The predicted octanol–water partition coefficient (Wildman–Crippen LogP) is 2.65. The van der Waals surface area contributed by atoms with E-state index >= 15 is 0 Å². The number of carbonyl (C=O) groups excluding carboxylic acids is 1. The van der Waals surface area contributed by atoms with Crippen LogP contribution in [0.1, 0.15) is 29.9 Å². The minimum Gasteiger partial charge on any atom is -0.480 e. The number of hydrogen-bond donors (Lipinski definition) is 3. The summed E-state index contributed by atoms with van der Waals surface area (Å²) >= 11 is 0. The first-order valence-electron chi connectivity index (χ1n) is 8.79. The first-order valence-corrected chi connectivity index (χ1v) is 8.79. The lowest BCUT2D eigenvalue weighted by molar-refractivity contribution is -0.138. The molecule has 1 aliphatic carbocycles. The molecule has 142 valence electrons. The molecule has 4 N–H and O–H groups in total. The van der Waals surface area contributed by atoms with Crippen molar-refractivity contribution in [3.63, 3.8) is 0 Å². The number of hydroxylamine groups is 1. The molecule has 0 aliphatic heterocycles. The summed E-state index contributed by atoms with van der Waals surface area (Å²) in [6, 6.07) is 15.2. The van der Waals surface area contributed by atoms with E-state index in [1.165, 1.54) is 0 Å². The van der Waals surface area contributed by atoms with Crippen LogP contribution in [0.2, 0.25) is 0 Å². The van der Waals surface area contributed by atoms with E-state index in [0.717, 1.165) is 22.3 Å². The highest BCUT2D eigenvalue weighted by atomic mass is 16.7. The van der Waals surface area contributed by atoms with Gasteiger partial charge in [0.1, 0.15) is 12.6 Å². The number of fused-ring (bicyclic) bond motifs is 3. The Hall–Kier alpha value is -2.90. The van der Waals surface area contributed by atoms with E-state index in [4.69, 9.17) is 20.4 Å². The van der Waals surface area contributed by atoms with Crippen LogP contribution in [0.4, 0.5) is 4.79 Å². The number of nitrogens with one attached hydrogen (secondary N) is 1. The summed E-state index contributed by atoms with van der Waals surface area (Å²) in [6.07, 6.45) is -0.00173. The number of carboxylic acid groups (broad SMARTS) is 1. The van der Waals surface area contributed by atoms with E-state index in [0.29, 0.717) is 6.42 Å². The average molecular weight is 370 g/mol. The summed E-state index contributed by atoms with van der Waals surface area (Å²) in [5.74, 6) is -1.07. The minimum absolute atomic E-state index is 0.0169. The van der Waals surface area contributed by atoms with Gasteiger partial charge in [0.25, 0.3) is 0 Å². The van der Waals surface area contributed by atoms with Crippen LogP contribution in [-0.4, -0.2) is 36.4 Å². The molecule has 0 heterocycles. The van der Waals surface area contributed by atoms with Crippen molar-refractivity contribution in [2.75, 3.05) is 13.2 Å². The van der Waals surface area contributed by atoms with E-state index in [1.54, 1.807) is 0 Å². The van der Waals surface area contributed by atoms with Gasteiger partial charge in [-0.2, -0.15) is 5.48 Å². The summed E-state index contributed by atoms with van der Waals surface area (Å²) in [7, 11) is 0. The molecule has 0 aromatic heterocycles. The van der Waals surface area contributed by atoms with E-state index in [9.17, 15) is 9.59 Å². The highest BCUT2D eigenvalue weighted by Crippen LogP contribution is 2.44. The molecular weight excluding hydrogens is 348 g/mol. The Balaban J connectivity index is 1.48. The van der Waals surface area contributed by atoms with Crippen molar-refractivity contribution in [1.82, 2.24) is 5.48 Å². The molecule has 2 aromatic rings. The molecule has 1 aliphatic rings. The second-order valence-corrected chi connectivity index (χ2v) is 6.36. The Morgan fingerprint density at radius 1 is 1.07 bits per heavy atom. The fourth-order valence-electron chi connectivity index (χ4n) is 3.24. The number of aliphatic carboxylic acids is 1. The van der Waals surface area contributed by atoms with E-state index in [1.807, 2.05) is 36.4 Å². The summed E-state index contributed by atoms with van der Waals surface area (Å²) in [5.41, 5.74) is 12.2. The Kier molecular flexibility index (Phi) is 6.05. The Morgan fingerprint density at radius 3 is 2.26 bits per heavy atom. The van der Waals surface area contributed by atoms with Crippen molar-refractivity contribution in [3.05, 3.63) is 59.7 Å². The maximum absolute atomic E-state index is 11.9.